The summed E-state index contributed by atoms with van der Waals surface area (Å²) in [4.78, 5) is 3.85. The van der Waals surface area contributed by atoms with Crippen LogP contribution in [0.25, 0.3) is 0 Å². The van der Waals surface area contributed by atoms with Crippen LogP contribution in [0.4, 0.5) is 5.00 Å². The van der Waals surface area contributed by atoms with E-state index >= 15 is 0 Å². The number of aryl methyl sites for hydroxylation is 1. The monoisotopic (exact) mass is 319 g/mol. The van der Waals surface area contributed by atoms with Gasteiger partial charge >= 0.3 is 0 Å². The topological polar surface area (TPSA) is 82.8 Å². The lowest BCUT2D eigenvalue weighted by atomic mass is 10.4. The van der Waals surface area contributed by atoms with Crippen LogP contribution in [0.15, 0.2) is 15.7 Å². The number of anilines is 1. The molecule has 2 rings (SSSR count). The van der Waals surface area contributed by atoms with E-state index in [0.29, 0.717) is 10.7 Å². The Labute approximate surface area is 117 Å². The van der Waals surface area contributed by atoms with Gasteiger partial charge in [-0.3, -0.25) is 4.72 Å². The first-order valence-electron chi connectivity index (χ1n) is 4.57. The Hall–Kier alpha value is -1.14. The molecule has 0 bridgehead atoms. The molecule has 0 aliphatic carbocycles. The van der Waals surface area contributed by atoms with Crippen LogP contribution in [0.1, 0.15) is 11.3 Å². The second-order valence-corrected chi connectivity index (χ2v) is 7.60. The number of thiophene rings is 1. The van der Waals surface area contributed by atoms with Crippen LogP contribution in [0.5, 0.6) is 0 Å². The van der Waals surface area contributed by atoms with Gasteiger partial charge in [-0.05, 0) is 18.4 Å². The maximum absolute atomic E-state index is 12.1. The summed E-state index contributed by atoms with van der Waals surface area (Å²) in [5, 5.41) is 10.8. The van der Waals surface area contributed by atoms with Crippen LogP contribution < -0.4 is 4.72 Å². The molecule has 0 aliphatic heterocycles. The maximum Gasteiger partial charge on any atom is 0.273 e. The van der Waals surface area contributed by atoms with Crippen molar-refractivity contribution in [2.24, 2.45) is 0 Å². The van der Waals surface area contributed by atoms with E-state index < -0.39 is 10.0 Å². The minimum Gasteiger partial charge on any atom is -0.269 e. The fraction of sp³-hybridized carbons (Fsp3) is 0.111. The Bertz CT molecular complexity index is 727. The number of aromatic nitrogens is 1. The molecule has 94 valence electrons. The van der Waals surface area contributed by atoms with Crippen LogP contribution in [-0.4, -0.2) is 13.4 Å². The van der Waals surface area contributed by atoms with Gasteiger partial charge in [0.15, 0.2) is 8.68 Å². The van der Waals surface area contributed by atoms with E-state index in [4.69, 9.17) is 16.9 Å². The molecule has 0 radical (unpaired) electrons. The van der Waals surface area contributed by atoms with E-state index in [0.717, 1.165) is 22.7 Å². The molecule has 2 aromatic heterocycles. The Morgan fingerprint density at radius 2 is 2.28 bits per heavy atom. The number of nitrogens with one attached hydrogen (secondary N) is 1. The molecule has 2 aromatic rings. The third-order valence-electron chi connectivity index (χ3n) is 1.98. The second-order valence-electron chi connectivity index (χ2n) is 3.22. The summed E-state index contributed by atoms with van der Waals surface area (Å²) in [6, 6.07) is 3.47. The van der Waals surface area contributed by atoms with E-state index in [1.165, 1.54) is 0 Å². The molecule has 2 heterocycles. The molecule has 0 spiro atoms. The first-order valence-corrected chi connectivity index (χ1v) is 8.13. The molecule has 1 N–H and O–H groups in total. The van der Waals surface area contributed by atoms with Crippen LogP contribution in [0, 0.1) is 18.3 Å². The molecule has 5 nitrogen and oxygen atoms in total. The predicted molar refractivity (Wildman–Crippen MR) is 71.7 cm³/mol. The first-order chi connectivity index (χ1) is 8.44. The molecule has 0 aromatic carbocycles. The smallest absolute Gasteiger partial charge is 0.269 e. The van der Waals surface area contributed by atoms with Crippen molar-refractivity contribution in [3.8, 4) is 6.07 Å². The SMILES string of the molecule is Cc1nc(Cl)sc1S(=O)(=O)Nc1sccc1C#N. The standard InChI is InChI=1S/C9H6ClN3O2S3/c1-5-8(17-9(10)12-5)18(14,15)13-7-6(4-11)2-3-16-7/h2-3,13H,1H3. The number of nitrogens with zero attached hydrogens (tertiary/aromatic N) is 2. The average Bonchev–Trinajstić information content (AvgIpc) is 2.84. The molecule has 9 heteroatoms. The lowest BCUT2D eigenvalue weighted by Crippen LogP contribution is -2.12. The van der Waals surface area contributed by atoms with Gasteiger partial charge < -0.3 is 0 Å². The van der Waals surface area contributed by atoms with Crippen molar-refractivity contribution in [1.29, 1.82) is 5.26 Å². The first kappa shape index (κ1) is 13.3. The summed E-state index contributed by atoms with van der Waals surface area (Å²) in [7, 11) is -3.74. The Balaban J connectivity index is 2.40. The molecule has 0 saturated heterocycles. The zero-order valence-corrected chi connectivity index (χ0v) is 12.2. The van der Waals surface area contributed by atoms with Crippen molar-refractivity contribution in [3.05, 3.63) is 27.2 Å². The highest BCUT2D eigenvalue weighted by molar-refractivity contribution is 7.95. The fourth-order valence-electron chi connectivity index (χ4n) is 1.24. The number of hydrogen-bond donors (Lipinski definition) is 1. The van der Waals surface area contributed by atoms with Gasteiger partial charge in [0, 0.05) is 0 Å². The Kier molecular flexibility index (Phi) is 3.59. The van der Waals surface area contributed by atoms with Gasteiger partial charge in [0.05, 0.1) is 11.3 Å². The molecule has 18 heavy (non-hydrogen) atoms. The number of rotatable bonds is 3. The van der Waals surface area contributed by atoms with Crippen molar-refractivity contribution in [3.63, 3.8) is 0 Å². The molecule has 0 aliphatic rings. The highest BCUT2D eigenvalue weighted by atomic mass is 35.5. The van der Waals surface area contributed by atoms with Crippen molar-refractivity contribution in [1.82, 2.24) is 4.98 Å². The summed E-state index contributed by atoms with van der Waals surface area (Å²) in [6.07, 6.45) is 0. The van der Waals surface area contributed by atoms with Gasteiger partial charge in [-0.2, -0.15) is 5.26 Å². The van der Waals surface area contributed by atoms with Crippen LogP contribution in [0.2, 0.25) is 4.47 Å². The summed E-state index contributed by atoms with van der Waals surface area (Å²) < 4.78 is 26.8. The van der Waals surface area contributed by atoms with Crippen LogP contribution >= 0.6 is 34.3 Å². The summed E-state index contributed by atoms with van der Waals surface area (Å²) in [5.74, 6) is 0. The van der Waals surface area contributed by atoms with E-state index in [2.05, 4.69) is 9.71 Å². The van der Waals surface area contributed by atoms with E-state index in [9.17, 15) is 8.42 Å². The summed E-state index contributed by atoms with van der Waals surface area (Å²) in [5.41, 5.74) is 0.629. The third kappa shape index (κ3) is 2.49. The van der Waals surface area contributed by atoms with Gasteiger partial charge in [0.2, 0.25) is 0 Å². The predicted octanol–water partition coefficient (Wildman–Crippen LogP) is 2.84. The molecule has 0 saturated carbocycles. The van der Waals surface area contributed by atoms with Crippen molar-refractivity contribution in [2.45, 2.75) is 11.1 Å². The second kappa shape index (κ2) is 4.85. The number of sulfonamides is 1. The number of halogens is 1. The van der Waals surface area contributed by atoms with E-state index in [1.54, 1.807) is 18.4 Å². The Morgan fingerprint density at radius 1 is 1.56 bits per heavy atom. The molecular formula is C9H6ClN3O2S3. The average molecular weight is 320 g/mol. The van der Waals surface area contributed by atoms with Crippen LogP contribution in [-0.2, 0) is 10.0 Å². The van der Waals surface area contributed by atoms with Gasteiger partial charge in [-0.25, -0.2) is 13.4 Å². The summed E-state index contributed by atoms with van der Waals surface area (Å²) in [6.45, 7) is 1.57. The molecule has 0 unspecified atom stereocenters. The number of thiazole rings is 1. The lowest BCUT2D eigenvalue weighted by molar-refractivity contribution is 0.602. The number of nitriles is 1. The summed E-state index contributed by atoms with van der Waals surface area (Å²) >= 11 is 7.71. The Morgan fingerprint density at radius 3 is 2.83 bits per heavy atom. The molecule has 0 atom stereocenters. The minimum absolute atomic E-state index is 0.0600. The highest BCUT2D eigenvalue weighted by Crippen LogP contribution is 2.30. The zero-order valence-electron chi connectivity index (χ0n) is 8.97. The molecular weight excluding hydrogens is 314 g/mol. The number of hydrogen-bond acceptors (Lipinski definition) is 6. The minimum atomic E-state index is -3.74. The maximum atomic E-state index is 12.1. The zero-order chi connectivity index (χ0) is 13.3. The van der Waals surface area contributed by atoms with Gasteiger partial charge in [0.1, 0.15) is 11.1 Å². The highest BCUT2D eigenvalue weighted by Gasteiger charge is 2.23. The van der Waals surface area contributed by atoms with Gasteiger partial charge in [0.25, 0.3) is 10.0 Å². The van der Waals surface area contributed by atoms with Crippen LogP contribution in [0.3, 0.4) is 0 Å². The van der Waals surface area contributed by atoms with Crippen molar-refractivity contribution >= 4 is 49.3 Å². The van der Waals surface area contributed by atoms with E-state index in [-0.39, 0.29) is 14.2 Å². The van der Waals surface area contributed by atoms with Crippen molar-refractivity contribution < 1.29 is 8.42 Å². The molecule has 0 fully saturated rings. The normalized spacial score (nSPS) is 11.2. The lowest BCUT2D eigenvalue weighted by Gasteiger charge is -2.04. The quantitative estimate of drug-likeness (QED) is 0.943. The van der Waals surface area contributed by atoms with E-state index in [1.807, 2.05) is 6.07 Å². The fourth-order valence-corrected chi connectivity index (χ4v) is 5.05. The molecule has 0 amide bonds. The van der Waals surface area contributed by atoms with Gasteiger partial charge in [-0.1, -0.05) is 22.9 Å². The van der Waals surface area contributed by atoms with Crippen molar-refractivity contribution in [2.75, 3.05) is 4.72 Å². The largest absolute Gasteiger partial charge is 0.273 e. The van der Waals surface area contributed by atoms with Gasteiger partial charge in [-0.15, -0.1) is 11.3 Å². The third-order valence-corrected chi connectivity index (χ3v) is 6.16.